The number of hydrogen-bond donors (Lipinski definition) is 2. The number of hydrogen-bond acceptors (Lipinski definition) is 3. The maximum Gasteiger partial charge on any atom is 0.114 e. The van der Waals surface area contributed by atoms with Crippen LogP contribution in [0.25, 0.3) is 0 Å². The van der Waals surface area contributed by atoms with Crippen molar-refractivity contribution in [3.05, 3.63) is 34.9 Å². The Labute approximate surface area is 111 Å². The highest BCUT2D eigenvalue weighted by Crippen LogP contribution is 2.24. The van der Waals surface area contributed by atoms with Crippen LogP contribution >= 0.6 is 11.6 Å². The zero-order valence-electron chi connectivity index (χ0n) is 9.97. The topological polar surface area (TPSA) is 43.7 Å². The second kappa shape index (κ2) is 5.97. The molecule has 3 nitrogen and oxygen atoms in total. The molecule has 2 N–H and O–H groups in total. The number of aliphatic hydroxyl groups excluding tert-OH is 2. The number of alkyl halides is 1. The third-order valence-electron chi connectivity index (χ3n) is 3.35. The fourth-order valence-electron chi connectivity index (χ4n) is 2.35. The first-order chi connectivity index (χ1) is 8.60. The minimum atomic E-state index is -0.917. The van der Waals surface area contributed by atoms with Crippen molar-refractivity contribution in [2.75, 3.05) is 19.7 Å². The van der Waals surface area contributed by atoms with E-state index in [1.54, 1.807) is 29.2 Å². The number of nitrogens with zero attached hydrogens (tertiary/aromatic N) is 1. The second-order valence-corrected chi connectivity index (χ2v) is 5.13. The Morgan fingerprint density at radius 2 is 2.06 bits per heavy atom. The molecule has 1 aromatic carbocycles. The van der Waals surface area contributed by atoms with Crippen molar-refractivity contribution in [3.63, 3.8) is 0 Å². The van der Waals surface area contributed by atoms with Gasteiger partial charge in [0.2, 0.25) is 0 Å². The molecule has 1 aromatic rings. The molecule has 0 aliphatic carbocycles. The summed E-state index contributed by atoms with van der Waals surface area (Å²) in [5, 5.41) is 19.9. The van der Waals surface area contributed by atoms with Crippen LogP contribution in [0.1, 0.15) is 18.1 Å². The molecule has 1 heterocycles. The summed E-state index contributed by atoms with van der Waals surface area (Å²) in [5.41, 5.74) is 0.749. The third kappa shape index (κ3) is 3.20. The molecule has 18 heavy (non-hydrogen) atoms. The van der Waals surface area contributed by atoms with Gasteiger partial charge in [0.25, 0.3) is 0 Å². The summed E-state index contributed by atoms with van der Waals surface area (Å²) in [6, 6.07) is 6.74. The monoisotopic (exact) mass is 273 g/mol. The van der Waals surface area contributed by atoms with Crippen LogP contribution in [-0.4, -0.2) is 47.0 Å². The van der Waals surface area contributed by atoms with Crippen molar-refractivity contribution >= 4 is 11.6 Å². The van der Waals surface area contributed by atoms with E-state index >= 15 is 0 Å². The van der Waals surface area contributed by atoms with Crippen LogP contribution < -0.4 is 0 Å². The van der Waals surface area contributed by atoms with Gasteiger partial charge < -0.3 is 10.2 Å². The molecule has 0 amide bonds. The summed E-state index contributed by atoms with van der Waals surface area (Å²) in [7, 11) is 0. The average Bonchev–Trinajstić information content (AvgIpc) is 2.70. The molecule has 0 radical (unpaired) electrons. The molecule has 0 bridgehead atoms. The molecule has 0 saturated carbocycles. The normalized spacial score (nSPS) is 26.4. The van der Waals surface area contributed by atoms with Gasteiger partial charge in [-0.25, -0.2) is 4.39 Å². The largest absolute Gasteiger partial charge is 0.395 e. The Bertz CT molecular complexity index is 387. The van der Waals surface area contributed by atoms with Crippen LogP contribution in [0.5, 0.6) is 0 Å². The number of aliphatic hydroxyl groups is 2. The van der Waals surface area contributed by atoms with Gasteiger partial charge in [-0.15, -0.1) is 0 Å². The first kappa shape index (κ1) is 13.7. The highest BCUT2D eigenvalue weighted by atomic mass is 35.5. The van der Waals surface area contributed by atoms with E-state index < -0.39 is 12.3 Å². The first-order valence-corrected chi connectivity index (χ1v) is 6.40. The first-order valence-electron chi connectivity index (χ1n) is 6.02. The Morgan fingerprint density at radius 3 is 2.67 bits per heavy atom. The summed E-state index contributed by atoms with van der Waals surface area (Å²) in [6.45, 7) is 0.525. The molecule has 1 saturated heterocycles. The lowest BCUT2D eigenvalue weighted by atomic mass is 10.1. The number of benzene rings is 1. The van der Waals surface area contributed by atoms with E-state index in [2.05, 4.69) is 0 Å². The smallest absolute Gasteiger partial charge is 0.114 e. The van der Waals surface area contributed by atoms with Crippen molar-refractivity contribution in [1.82, 2.24) is 4.90 Å². The van der Waals surface area contributed by atoms with Crippen molar-refractivity contribution in [2.24, 2.45) is 0 Å². The van der Waals surface area contributed by atoms with Gasteiger partial charge in [0, 0.05) is 24.2 Å². The van der Waals surface area contributed by atoms with Gasteiger partial charge in [-0.1, -0.05) is 23.7 Å². The van der Waals surface area contributed by atoms with E-state index in [-0.39, 0.29) is 19.2 Å². The SMILES string of the molecule is OCC1CC(F)CN1C[C@H](O)c1ccc(Cl)cc1. The van der Waals surface area contributed by atoms with Crippen LogP contribution in [0.2, 0.25) is 5.02 Å². The van der Waals surface area contributed by atoms with Crippen molar-refractivity contribution < 1.29 is 14.6 Å². The molecule has 100 valence electrons. The van der Waals surface area contributed by atoms with Gasteiger partial charge in [-0.05, 0) is 24.1 Å². The quantitative estimate of drug-likeness (QED) is 0.879. The molecule has 1 aliphatic rings. The van der Waals surface area contributed by atoms with Crippen molar-refractivity contribution in [1.29, 1.82) is 0 Å². The minimum Gasteiger partial charge on any atom is -0.395 e. The molecule has 2 unspecified atom stereocenters. The Balaban J connectivity index is 1.98. The Morgan fingerprint density at radius 1 is 1.39 bits per heavy atom. The molecule has 5 heteroatoms. The number of likely N-dealkylation sites (tertiary alicyclic amines) is 1. The van der Waals surface area contributed by atoms with E-state index in [1.165, 1.54) is 0 Å². The number of β-amino-alcohol motifs (C(OH)–C–C–N with tert-alkyl or cyclic N) is 1. The Kier molecular flexibility index (Phi) is 4.56. The van der Waals surface area contributed by atoms with E-state index in [0.29, 0.717) is 18.0 Å². The van der Waals surface area contributed by atoms with Gasteiger partial charge >= 0.3 is 0 Å². The lowest BCUT2D eigenvalue weighted by Gasteiger charge is -2.25. The molecular weight excluding hydrogens is 257 g/mol. The highest BCUT2D eigenvalue weighted by Gasteiger charge is 2.32. The molecular formula is C13H17ClFNO2. The fraction of sp³-hybridized carbons (Fsp3) is 0.538. The molecule has 2 rings (SSSR count). The van der Waals surface area contributed by atoms with Gasteiger partial charge in [0.1, 0.15) is 6.17 Å². The molecule has 1 fully saturated rings. The van der Waals surface area contributed by atoms with Crippen LogP contribution in [0.15, 0.2) is 24.3 Å². The second-order valence-electron chi connectivity index (χ2n) is 4.69. The minimum absolute atomic E-state index is 0.0756. The van der Waals surface area contributed by atoms with Crippen LogP contribution in [-0.2, 0) is 0 Å². The summed E-state index contributed by atoms with van der Waals surface area (Å²) < 4.78 is 13.3. The maximum atomic E-state index is 13.3. The molecule has 3 atom stereocenters. The number of halogens is 2. The molecule has 0 aromatic heterocycles. The predicted molar refractivity (Wildman–Crippen MR) is 68.4 cm³/mol. The molecule has 0 spiro atoms. The van der Waals surface area contributed by atoms with Crippen molar-refractivity contribution in [2.45, 2.75) is 24.7 Å². The Hall–Kier alpha value is -0.680. The maximum absolute atomic E-state index is 13.3. The van der Waals surface area contributed by atoms with Gasteiger partial charge in [0.05, 0.1) is 12.7 Å². The van der Waals surface area contributed by atoms with Gasteiger partial charge in [-0.3, -0.25) is 4.90 Å². The lowest BCUT2D eigenvalue weighted by Crippen LogP contribution is -2.35. The summed E-state index contributed by atoms with van der Waals surface area (Å²) >= 11 is 5.78. The van der Waals surface area contributed by atoms with E-state index in [1.807, 2.05) is 0 Å². The highest BCUT2D eigenvalue weighted by molar-refractivity contribution is 6.30. The van der Waals surface area contributed by atoms with Crippen LogP contribution in [0, 0.1) is 0 Å². The van der Waals surface area contributed by atoms with E-state index in [9.17, 15) is 9.50 Å². The standard InChI is InChI=1S/C13H17ClFNO2/c14-10-3-1-9(2-4-10)13(18)7-16-6-11(15)5-12(16)8-17/h1-4,11-13,17-18H,5-8H2/t11?,12?,13-/m0/s1. The summed E-state index contributed by atoms with van der Waals surface area (Å²) in [4.78, 5) is 1.80. The molecule has 1 aliphatic heterocycles. The van der Waals surface area contributed by atoms with Gasteiger partial charge in [0.15, 0.2) is 0 Å². The van der Waals surface area contributed by atoms with Crippen LogP contribution in [0.4, 0.5) is 4.39 Å². The predicted octanol–water partition coefficient (Wildman–Crippen LogP) is 1.78. The number of rotatable bonds is 4. The van der Waals surface area contributed by atoms with Gasteiger partial charge in [-0.2, -0.15) is 0 Å². The zero-order chi connectivity index (χ0) is 13.1. The lowest BCUT2D eigenvalue weighted by molar-refractivity contribution is 0.0839. The van der Waals surface area contributed by atoms with Crippen molar-refractivity contribution in [3.8, 4) is 0 Å². The van der Waals surface area contributed by atoms with E-state index in [4.69, 9.17) is 16.7 Å². The average molecular weight is 274 g/mol. The zero-order valence-corrected chi connectivity index (χ0v) is 10.7. The summed E-state index contributed by atoms with van der Waals surface area (Å²) in [6.07, 6.45) is -1.27. The fourth-order valence-corrected chi connectivity index (χ4v) is 2.47. The van der Waals surface area contributed by atoms with E-state index in [0.717, 1.165) is 5.56 Å². The van der Waals surface area contributed by atoms with Crippen LogP contribution in [0.3, 0.4) is 0 Å². The third-order valence-corrected chi connectivity index (χ3v) is 3.60. The summed E-state index contributed by atoms with van der Waals surface area (Å²) in [5.74, 6) is 0.